The van der Waals surface area contributed by atoms with Crippen molar-refractivity contribution in [2.24, 2.45) is 5.73 Å². The number of hydrogen-bond donors (Lipinski definition) is 1. The van der Waals surface area contributed by atoms with Crippen LogP contribution < -0.4 is 5.73 Å². The highest BCUT2D eigenvalue weighted by atomic mass is 35.5. The Morgan fingerprint density at radius 3 is 2.54 bits per heavy atom. The molecule has 3 heteroatoms. The molecule has 0 amide bonds. The zero-order valence-electron chi connectivity index (χ0n) is 8.51. The van der Waals surface area contributed by atoms with E-state index in [1.165, 1.54) is 4.88 Å². The summed E-state index contributed by atoms with van der Waals surface area (Å²) in [7, 11) is 0. The zero-order chi connectivity index (χ0) is 10.3. The summed E-state index contributed by atoms with van der Waals surface area (Å²) < 4.78 is 0. The predicted molar refractivity (Wildman–Crippen MR) is 62.6 cm³/mol. The van der Waals surface area contributed by atoms with Crippen molar-refractivity contribution in [1.82, 2.24) is 0 Å². The van der Waals surface area contributed by atoms with E-state index in [0.29, 0.717) is 0 Å². The number of rotatable bonds is 3. The third-order valence-corrected chi connectivity index (χ3v) is 3.07. The lowest BCUT2D eigenvalue weighted by molar-refractivity contribution is 0.652. The molecule has 1 atom stereocenters. The maximum Gasteiger partial charge on any atom is 0.0545 e. The minimum absolute atomic E-state index is 0.256. The van der Waals surface area contributed by atoms with E-state index in [9.17, 15) is 0 Å². The molecule has 0 fully saturated rings. The molecule has 0 radical (unpaired) electrons. The minimum Gasteiger partial charge on any atom is -0.327 e. The molecule has 2 N–H and O–H groups in total. The van der Waals surface area contributed by atoms with Gasteiger partial charge in [0.15, 0.2) is 0 Å². The van der Waals surface area contributed by atoms with Crippen LogP contribution in [0.5, 0.6) is 0 Å². The van der Waals surface area contributed by atoms with Crippen LogP contribution in [-0.4, -0.2) is 6.04 Å². The van der Waals surface area contributed by atoms with Crippen LogP contribution in [0, 0.1) is 0 Å². The third-order valence-electron chi connectivity index (χ3n) is 1.66. The summed E-state index contributed by atoms with van der Waals surface area (Å²) in [6, 6.07) is 2.18. The highest BCUT2D eigenvalue weighted by Crippen LogP contribution is 2.23. The van der Waals surface area contributed by atoms with Crippen LogP contribution in [0.4, 0.5) is 0 Å². The van der Waals surface area contributed by atoms with Crippen LogP contribution >= 0.6 is 22.9 Å². The summed E-state index contributed by atoms with van der Waals surface area (Å²) in [6.45, 7) is 6.09. The Morgan fingerprint density at radius 1 is 1.54 bits per heavy atom. The monoisotopic (exact) mass is 219 g/mol. The molecule has 0 aromatic carbocycles. The van der Waals surface area contributed by atoms with Crippen LogP contribution in [0.25, 0.3) is 0 Å². The topological polar surface area (TPSA) is 26.0 Å². The molecule has 1 unspecified atom stereocenters. The molecule has 0 saturated heterocycles. The maximum atomic E-state index is 5.90. The van der Waals surface area contributed by atoms with Gasteiger partial charge in [0.2, 0.25) is 0 Å². The van der Waals surface area contributed by atoms with E-state index in [0.717, 1.165) is 17.9 Å². The summed E-state index contributed by atoms with van der Waals surface area (Å²) in [5, 5.41) is 2.86. The van der Waals surface area contributed by atoms with E-state index in [1.54, 1.807) is 11.3 Å². The summed E-state index contributed by atoms with van der Waals surface area (Å²) in [4.78, 5) is 1.21. The second-order valence-corrected chi connectivity index (χ2v) is 3.97. The fraction of sp³-hybridized carbons (Fsp3) is 0.600. The number of halogens is 1. The molecular weight excluding hydrogens is 202 g/mol. The molecule has 1 nitrogen and oxygen atoms in total. The maximum absolute atomic E-state index is 5.90. The van der Waals surface area contributed by atoms with E-state index in [-0.39, 0.29) is 6.04 Å². The SMILES string of the molecule is CC.CCC(N)Cc1sccc1Cl. The van der Waals surface area contributed by atoms with Gasteiger partial charge in [0.25, 0.3) is 0 Å². The molecule has 0 saturated carbocycles. The van der Waals surface area contributed by atoms with Crippen LogP contribution in [0.1, 0.15) is 32.1 Å². The van der Waals surface area contributed by atoms with Crippen molar-refractivity contribution in [3.05, 3.63) is 21.3 Å². The van der Waals surface area contributed by atoms with Gasteiger partial charge in [0.1, 0.15) is 0 Å². The standard InChI is InChI=1S/C8H12ClNS.C2H6/c1-2-6(10)5-8-7(9)3-4-11-8;1-2/h3-4,6H,2,5,10H2,1H3;1-2H3. The molecule has 0 bridgehead atoms. The molecule has 76 valence electrons. The van der Waals surface area contributed by atoms with Gasteiger partial charge in [-0.3, -0.25) is 0 Å². The second-order valence-electron chi connectivity index (χ2n) is 2.56. The van der Waals surface area contributed by atoms with Crippen LogP contribution in [0.2, 0.25) is 5.02 Å². The lowest BCUT2D eigenvalue weighted by Crippen LogP contribution is -2.20. The Morgan fingerprint density at radius 2 is 2.15 bits per heavy atom. The Labute approximate surface area is 89.9 Å². The lowest BCUT2D eigenvalue weighted by Gasteiger charge is -2.05. The van der Waals surface area contributed by atoms with Gasteiger partial charge in [-0.1, -0.05) is 32.4 Å². The number of thiophene rings is 1. The Kier molecular flexibility index (Phi) is 7.33. The fourth-order valence-electron chi connectivity index (χ4n) is 0.853. The Balaban J connectivity index is 0.000000671. The molecule has 1 heterocycles. The van der Waals surface area contributed by atoms with Gasteiger partial charge in [-0.15, -0.1) is 11.3 Å². The van der Waals surface area contributed by atoms with E-state index in [2.05, 4.69) is 6.92 Å². The summed E-state index contributed by atoms with van der Waals surface area (Å²) >= 11 is 7.58. The molecule has 0 aliphatic rings. The molecule has 1 aromatic rings. The number of hydrogen-bond acceptors (Lipinski definition) is 2. The van der Waals surface area contributed by atoms with E-state index in [4.69, 9.17) is 17.3 Å². The van der Waals surface area contributed by atoms with Gasteiger partial charge in [-0.05, 0) is 24.3 Å². The third kappa shape index (κ3) is 4.65. The smallest absolute Gasteiger partial charge is 0.0545 e. The molecular formula is C10H18ClNS. The first-order chi connectivity index (χ1) is 6.24. The van der Waals surface area contributed by atoms with Crippen molar-refractivity contribution >= 4 is 22.9 Å². The Bertz CT molecular complexity index is 222. The van der Waals surface area contributed by atoms with Gasteiger partial charge in [0, 0.05) is 10.9 Å². The minimum atomic E-state index is 0.256. The summed E-state index contributed by atoms with van der Waals surface area (Å²) in [5.74, 6) is 0. The zero-order valence-corrected chi connectivity index (χ0v) is 10.1. The first-order valence-corrected chi connectivity index (χ1v) is 5.97. The molecule has 0 aliphatic heterocycles. The Hall–Kier alpha value is -0.0500. The number of nitrogens with two attached hydrogens (primary N) is 1. The average molecular weight is 220 g/mol. The first-order valence-electron chi connectivity index (χ1n) is 4.71. The van der Waals surface area contributed by atoms with Crippen molar-refractivity contribution < 1.29 is 0 Å². The molecule has 0 aliphatic carbocycles. The first kappa shape index (κ1) is 12.9. The molecule has 1 rings (SSSR count). The highest BCUT2D eigenvalue weighted by Gasteiger charge is 2.05. The van der Waals surface area contributed by atoms with Crippen molar-refractivity contribution in [2.45, 2.75) is 39.7 Å². The molecule has 13 heavy (non-hydrogen) atoms. The van der Waals surface area contributed by atoms with Crippen LogP contribution in [0.3, 0.4) is 0 Å². The van der Waals surface area contributed by atoms with Gasteiger partial charge < -0.3 is 5.73 Å². The largest absolute Gasteiger partial charge is 0.327 e. The highest BCUT2D eigenvalue weighted by molar-refractivity contribution is 7.10. The van der Waals surface area contributed by atoms with Gasteiger partial charge in [-0.2, -0.15) is 0 Å². The van der Waals surface area contributed by atoms with Crippen molar-refractivity contribution in [2.75, 3.05) is 0 Å². The van der Waals surface area contributed by atoms with Crippen molar-refractivity contribution in [3.8, 4) is 0 Å². The quantitative estimate of drug-likeness (QED) is 0.824. The fourth-order valence-corrected chi connectivity index (χ4v) is 2.06. The van der Waals surface area contributed by atoms with Gasteiger partial charge >= 0.3 is 0 Å². The van der Waals surface area contributed by atoms with E-state index < -0.39 is 0 Å². The second kappa shape index (κ2) is 7.36. The summed E-state index contributed by atoms with van der Waals surface area (Å²) in [5.41, 5.74) is 5.78. The van der Waals surface area contributed by atoms with Gasteiger partial charge in [-0.25, -0.2) is 0 Å². The van der Waals surface area contributed by atoms with Crippen LogP contribution in [0.15, 0.2) is 11.4 Å². The normalized spacial score (nSPS) is 11.8. The molecule has 0 spiro atoms. The van der Waals surface area contributed by atoms with E-state index in [1.807, 2.05) is 25.3 Å². The van der Waals surface area contributed by atoms with Crippen LogP contribution in [-0.2, 0) is 6.42 Å². The molecule has 1 aromatic heterocycles. The average Bonchev–Trinajstić information content (AvgIpc) is 2.55. The van der Waals surface area contributed by atoms with Crippen molar-refractivity contribution in [1.29, 1.82) is 0 Å². The van der Waals surface area contributed by atoms with Crippen molar-refractivity contribution in [3.63, 3.8) is 0 Å². The predicted octanol–water partition coefficient (Wildman–Crippen LogP) is 3.71. The van der Waals surface area contributed by atoms with E-state index >= 15 is 0 Å². The van der Waals surface area contributed by atoms with Gasteiger partial charge in [0.05, 0.1) is 5.02 Å². The summed E-state index contributed by atoms with van der Waals surface area (Å²) in [6.07, 6.45) is 1.92. The lowest BCUT2D eigenvalue weighted by atomic mass is 10.1.